The number of carbonyl (C=O) groups is 1. The zero-order valence-electron chi connectivity index (χ0n) is 11.2. The van der Waals surface area contributed by atoms with Crippen molar-refractivity contribution in [1.82, 2.24) is 0 Å². The van der Waals surface area contributed by atoms with Crippen LogP contribution >= 0.6 is 0 Å². The monoisotopic (exact) mass is 296 g/mol. The Balaban J connectivity index is 2.09. The highest BCUT2D eigenvalue weighted by Gasteiger charge is 2.20. The number of nitriles is 1. The summed E-state index contributed by atoms with van der Waals surface area (Å²) >= 11 is 0. The Bertz CT molecular complexity index is 543. The minimum Gasteiger partial charge on any atom is -0.484 e. The quantitative estimate of drug-likeness (QED) is 0.926. The molecule has 7 heteroatoms. The molecular weight excluding hydrogens is 282 g/mol. The van der Waals surface area contributed by atoms with E-state index in [1.165, 1.54) is 0 Å². The maximum absolute atomic E-state index is 13.9. The third-order valence-corrected chi connectivity index (χ3v) is 2.97. The molecule has 1 saturated heterocycles. The predicted molar refractivity (Wildman–Crippen MR) is 69.7 cm³/mol. The molecule has 1 N–H and O–H groups in total. The lowest BCUT2D eigenvalue weighted by molar-refractivity contribution is -0.115. The smallest absolute Gasteiger partial charge is 0.238 e. The third kappa shape index (κ3) is 4.13. The molecular formula is C14H14F2N2O3. The first kappa shape index (κ1) is 15.2. The summed E-state index contributed by atoms with van der Waals surface area (Å²) in [6.07, 6.45) is 0.463. The van der Waals surface area contributed by atoms with Crippen LogP contribution in [0, 0.1) is 23.0 Å². The van der Waals surface area contributed by atoms with Gasteiger partial charge in [0.1, 0.15) is 12.5 Å². The van der Waals surface area contributed by atoms with Crippen molar-refractivity contribution in [3.05, 3.63) is 23.8 Å². The Morgan fingerprint density at radius 2 is 2.00 bits per heavy atom. The Morgan fingerprint density at radius 3 is 2.57 bits per heavy atom. The average Bonchev–Trinajstić information content (AvgIpc) is 2.44. The second kappa shape index (κ2) is 6.99. The van der Waals surface area contributed by atoms with Crippen molar-refractivity contribution in [2.75, 3.05) is 18.5 Å². The van der Waals surface area contributed by atoms with Gasteiger partial charge in [0.2, 0.25) is 5.91 Å². The summed E-state index contributed by atoms with van der Waals surface area (Å²) in [5.74, 6) is -2.88. The maximum atomic E-state index is 13.9. The van der Waals surface area contributed by atoms with Gasteiger partial charge in [0.25, 0.3) is 0 Å². The molecule has 1 amide bonds. The Hall–Kier alpha value is -2.20. The number of amides is 1. The zero-order valence-corrected chi connectivity index (χ0v) is 11.2. The molecule has 0 aliphatic carbocycles. The average molecular weight is 296 g/mol. The summed E-state index contributed by atoms with van der Waals surface area (Å²) in [5.41, 5.74) is -0.0513. The fourth-order valence-electron chi connectivity index (χ4n) is 1.98. The number of carbonyl (C=O) groups excluding carboxylic acids is 1. The first-order valence-corrected chi connectivity index (χ1v) is 6.50. The van der Waals surface area contributed by atoms with E-state index in [1.54, 1.807) is 6.07 Å². The van der Waals surface area contributed by atoms with E-state index in [2.05, 4.69) is 5.32 Å². The predicted octanol–water partition coefficient (Wildman–Crippen LogP) is 2.37. The van der Waals surface area contributed by atoms with Gasteiger partial charge in [-0.1, -0.05) is 0 Å². The van der Waals surface area contributed by atoms with Crippen LogP contribution < -0.4 is 10.1 Å². The van der Waals surface area contributed by atoms with Gasteiger partial charge >= 0.3 is 0 Å². The molecule has 5 nitrogen and oxygen atoms in total. The lowest BCUT2D eigenvalue weighted by Crippen LogP contribution is -2.26. The summed E-state index contributed by atoms with van der Waals surface area (Å²) in [7, 11) is 0. The van der Waals surface area contributed by atoms with Crippen LogP contribution in [0.25, 0.3) is 0 Å². The van der Waals surface area contributed by atoms with Crippen LogP contribution in [0.1, 0.15) is 19.3 Å². The number of hydrogen-bond acceptors (Lipinski definition) is 4. The molecule has 1 aromatic carbocycles. The summed E-state index contributed by atoms with van der Waals surface area (Å²) < 4.78 is 38.3. The number of nitrogens with zero attached hydrogens (tertiary/aromatic N) is 1. The van der Waals surface area contributed by atoms with E-state index in [-0.39, 0.29) is 18.2 Å². The molecule has 0 unspecified atom stereocenters. The maximum Gasteiger partial charge on any atom is 0.238 e. The lowest BCUT2D eigenvalue weighted by Gasteiger charge is -2.23. The molecule has 2 rings (SSSR count). The van der Waals surface area contributed by atoms with E-state index in [9.17, 15) is 13.6 Å². The highest BCUT2D eigenvalue weighted by atomic mass is 19.1. The Labute approximate surface area is 120 Å². The molecule has 0 radical (unpaired) electrons. The first-order valence-electron chi connectivity index (χ1n) is 6.50. The SMILES string of the molecule is N#CCC(=O)Nc1cc(F)c(OC2CCOCC2)c(F)c1. The molecule has 1 fully saturated rings. The number of rotatable bonds is 4. The summed E-state index contributed by atoms with van der Waals surface area (Å²) in [4.78, 5) is 11.2. The van der Waals surface area contributed by atoms with E-state index >= 15 is 0 Å². The third-order valence-electron chi connectivity index (χ3n) is 2.97. The van der Waals surface area contributed by atoms with Crippen LogP contribution in [-0.2, 0) is 9.53 Å². The fourth-order valence-corrected chi connectivity index (χ4v) is 1.98. The number of halogens is 2. The lowest BCUT2D eigenvalue weighted by atomic mass is 10.1. The van der Waals surface area contributed by atoms with Crippen molar-refractivity contribution in [2.24, 2.45) is 0 Å². The molecule has 1 aliphatic heterocycles. The first-order chi connectivity index (χ1) is 10.1. The van der Waals surface area contributed by atoms with E-state index in [1.807, 2.05) is 0 Å². The molecule has 21 heavy (non-hydrogen) atoms. The van der Waals surface area contributed by atoms with Crippen molar-refractivity contribution in [1.29, 1.82) is 5.26 Å². The van der Waals surface area contributed by atoms with Gasteiger partial charge in [0, 0.05) is 30.7 Å². The minimum absolute atomic E-state index is 0.0513. The highest BCUT2D eigenvalue weighted by molar-refractivity contribution is 5.92. The van der Waals surface area contributed by atoms with Gasteiger partial charge < -0.3 is 14.8 Å². The van der Waals surface area contributed by atoms with Crippen LogP contribution in [0.2, 0.25) is 0 Å². The molecule has 0 aromatic heterocycles. The second-order valence-electron chi connectivity index (χ2n) is 4.58. The largest absolute Gasteiger partial charge is 0.484 e. The summed E-state index contributed by atoms with van der Waals surface area (Å²) in [6.45, 7) is 0.992. The Kier molecular flexibility index (Phi) is 5.06. The van der Waals surface area contributed by atoms with E-state index in [0.29, 0.717) is 26.1 Å². The van der Waals surface area contributed by atoms with Gasteiger partial charge in [0.05, 0.1) is 19.3 Å². The van der Waals surface area contributed by atoms with Gasteiger partial charge in [-0.15, -0.1) is 0 Å². The standard InChI is InChI=1S/C14H14F2N2O3/c15-11-7-9(18-13(19)1-4-17)8-12(16)14(11)21-10-2-5-20-6-3-10/h7-8,10H,1-3,5-6H2,(H,18,19). The molecule has 1 heterocycles. The van der Waals surface area contributed by atoms with Crippen LogP contribution in [0.3, 0.4) is 0 Å². The number of ether oxygens (including phenoxy) is 2. The van der Waals surface area contributed by atoms with Gasteiger partial charge in [-0.05, 0) is 0 Å². The van der Waals surface area contributed by atoms with Gasteiger partial charge in [-0.3, -0.25) is 4.79 Å². The Morgan fingerprint density at radius 1 is 1.38 bits per heavy atom. The molecule has 0 spiro atoms. The van der Waals surface area contributed by atoms with E-state index < -0.39 is 23.3 Å². The molecule has 0 saturated carbocycles. The fraction of sp³-hybridized carbons (Fsp3) is 0.429. The number of benzene rings is 1. The summed E-state index contributed by atoms with van der Waals surface area (Å²) in [6, 6.07) is 3.58. The van der Waals surface area contributed by atoms with Gasteiger partial charge in [-0.2, -0.15) is 5.26 Å². The molecule has 1 aromatic rings. The second-order valence-corrected chi connectivity index (χ2v) is 4.58. The van der Waals surface area contributed by atoms with Crippen LogP contribution in [0.4, 0.5) is 14.5 Å². The van der Waals surface area contributed by atoms with Crippen molar-refractivity contribution < 1.29 is 23.0 Å². The number of anilines is 1. The zero-order chi connectivity index (χ0) is 15.2. The van der Waals surface area contributed by atoms with E-state index in [4.69, 9.17) is 14.7 Å². The van der Waals surface area contributed by atoms with Gasteiger partial charge in [-0.25, -0.2) is 8.78 Å². The van der Waals surface area contributed by atoms with Crippen LogP contribution in [-0.4, -0.2) is 25.2 Å². The van der Waals surface area contributed by atoms with Gasteiger partial charge in [0.15, 0.2) is 17.4 Å². The van der Waals surface area contributed by atoms with Crippen LogP contribution in [0.5, 0.6) is 5.75 Å². The normalized spacial score (nSPS) is 15.3. The van der Waals surface area contributed by atoms with Crippen molar-refractivity contribution in [3.8, 4) is 11.8 Å². The molecule has 0 atom stereocenters. The van der Waals surface area contributed by atoms with Crippen LogP contribution in [0.15, 0.2) is 12.1 Å². The number of hydrogen-bond donors (Lipinski definition) is 1. The van der Waals surface area contributed by atoms with Crippen molar-refractivity contribution >= 4 is 11.6 Å². The summed E-state index contributed by atoms with van der Waals surface area (Å²) in [5, 5.41) is 10.6. The van der Waals surface area contributed by atoms with E-state index in [0.717, 1.165) is 12.1 Å². The van der Waals surface area contributed by atoms with Crippen molar-refractivity contribution in [2.45, 2.75) is 25.4 Å². The number of nitrogens with one attached hydrogen (secondary N) is 1. The minimum atomic E-state index is -0.895. The molecule has 0 bridgehead atoms. The highest BCUT2D eigenvalue weighted by Crippen LogP contribution is 2.28. The molecule has 1 aliphatic rings. The topological polar surface area (TPSA) is 71.4 Å². The van der Waals surface area contributed by atoms with Crippen molar-refractivity contribution in [3.63, 3.8) is 0 Å². The molecule has 112 valence electrons.